The van der Waals surface area contributed by atoms with Crippen LogP contribution < -0.4 is 11.1 Å². The van der Waals surface area contributed by atoms with Gasteiger partial charge in [-0.25, -0.2) is 4.98 Å². The van der Waals surface area contributed by atoms with Crippen molar-refractivity contribution in [2.75, 3.05) is 12.0 Å². The molecule has 1 fully saturated rings. The number of amides is 1. The van der Waals surface area contributed by atoms with Gasteiger partial charge in [-0.15, -0.1) is 0 Å². The van der Waals surface area contributed by atoms with Crippen LogP contribution >= 0.6 is 23.4 Å². The van der Waals surface area contributed by atoms with Gasteiger partial charge in [0.25, 0.3) is 5.91 Å². The topological polar surface area (TPSA) is 68.0 Å². The molecule has 0 aromatic carbocycles. The van der Waals surface area contributed by atoms with Gasteiger partial charge < -0.3 is 11.1 Å². The van der Waals surface area contributed by atoms with E-state index in [1.54, 1.807) is 6.07 Å². The molecule has 6 heteroatoms. The Balaban J connectivity index is 2.02. The van der Waals surface area contributed by atoms with E-state index in [-0.39, 0.29) is 17.1 Å². The third-order valence-corrected chi connectivity index (χ3v) is 4.55. The van der Waals surface area contributed by atoms with Crippen LogP contribution in [0.2, 0.25) is 5.15 Å². The summed E-state index contributed by atoms with van der Waals surface area (Å²) < 4.78 is 0. The predicted octanol–water partition coefficient (Wildman–Crippen LogP) is 2.33. The highest BCUT2D eigenvalue weighted by Crippen LogP contribution is 2.28. The van der Waals surface area contributed by atoms with Gasteiger partial charge in [0.05, 0.1) is 17.4 Å². The smallest absolute Gasteiger partial charge is 0.254 e. The number of nitrogen functional groups attached to an aromatic ring is 1. The summed E-state index contributed by atoms with van der Waals surface area (Å²) in [6, 6.07) is 1.79. The molecule has 18 heavy (non-hydrogen) atoms. The van der Waals surface area contributed by atoms with Gasteiger partial charge in [-0.2, -0.15) is 11.8 Å². The summed E-state index contributed by atoms with van der Waals surface area (Å²) in [6.07, 6.45) is 6.73. The summed E-state index contributed by atoms with van der Waals surface area (Å²) in [5.41, 5.74) is 6.41. The summed E-state index contributed by atoms with van der Waals surface area (Å²) in [6.45, 7) is 0. The number of hydrogen-bond donors (Lipinski definition) is 2. The Hall–Kier alpha value is -0.940. The Bertz CT molecular complexity index is 455. The second-order valence-electron chi connectivity index (χ2n) is 4.45. The largest absolute Gasteiger partial charge is 0.397 e. The van der Waals surface area contributed by atoms with E-state index in [0.717, 1.165) is 19.3 Å². The van der Waals surface area contributed by atoms with Crippen LogP contribution in [0.25, 0.3) is 0 Å². The molecule has 1 aliphatic rings. The van der Waals surface area contributed by atoms with Gasteiger partial charge in [0.15, 0.2) is 0 Å². The Morgan fingerprint density at radius 2 is 2.39 bits per heavy atom. The summed E-state index contributed by atoms with van der Waals surface area (Å²) in [5.74, 6) is -0.188. The fourth-order valence-electron chi connectivity index (χ4n) is 2.17. The van der Waals surface area contributed by atoms with E-state index in [0.29, 0.717) is 16.5 Å². The molecule has 0 spiro atoms. The molecule has 0 bridgehead atoms. The van der Waals surface area contributed by atoms with E-state index >= 15 is 0 Å². The highest BCUT2D eigenvalue weighted by Gasteiger charge is 2.26. The van der Waals surface area contributed by atoms with Crippen LogP contribution in [0, 0.1) is 0 Å². The van der Waals surface area contributed by atoms with Gasteiger partial charge in [0.2, 0.25) is 0 Å². The number of anilines is 1. The third kappa shape index (κ3) is 3.09. The number of halogens is 1. The average molecular weight is 286 g/mol. The van der Waals surface area contributed by atoms with Gasteiger partial charge in [-0.3, -0.25) is 4.79 Å². The fraction of sp³-hybridized carbons (Fsp3) is 0.500. The molecule has 1 amide bonds. The van der Waals surface area contributed by atoms with E-state index in [4.69, 9.17) is 17.3 Å². The molecule has 1 saturated carbocycles. The number of nitrogens with zero attached hydrogens (tertiary/aromatic N) is 1. The minimum atomic E-state index is -0.188. The molecule has 2 atom stereocenters. The molecule has 0 radical (unpaired) electrons. The van der Waals surface area contributed by atoms with Crippen LogP contribution in [-0.2, 0) is 0 Å². The van der Waals surface area contributed by atoms with Crippen molar-refractivity contribution in [3.63, 3.8) is 0 Å². The first-order valence-electron chi connectivity index (χ1n) is 5.85. The quantitative estimate of drug-likeness (QED) is 0.837. The summed E-state index contributed by atoms with van der Waals surface area (Å²) in [7, 11) is 0. The second-order valence-corrected chi connectivity index (χ2v) is 5.94. The SMILES string of the molecule is CSC1CCC(NC(=O)c2cc(N)cnc2Cl)C1. The molecule has 1 heterocycles. The van der Waals surface area contributed by atoms with Crippen LogP contribution in [0.1, 0.15) is 29.6 Å². The van der Waals surface area contributed by atoms with Gasteiger partial charge >= 0.3 is 0 Å². The van der Waals surface area contributed by atoms with Gasteiger partial charge in [0, 0.05) is 11.3 Å². The van der Waals surface area contributed by atoms with E-state index < -0.39 is 0 Å². The number of aromatic nitrogens is 1. The zero-order valence-electron chi connectivity index (χ0n) is 10.1. The molecule has 0 aliphatic heterocycles. The zero-order valence-corrected chi connectivity index (χ0v) is 11.7. The first-order chi connectivity index (χ1) is 8.60. The van der Waals surface area contributed by atoms with Crippen molar-refractivity contribution < 1.29 is 4.79 Å². The van der Waals surface area contributed by atoms with E-state index in [1.165, 1.54) is 6.20 Å². The Morgan fingerprint density at radius 3 is 3.06 bits per heavy atom. The van der Waals surface area contributed by atoms with E-state index in [1.807, 2.05) is 11.8 Å². The van der Waals surface area contributed by atoms with Crippen molar-refractivity contribution in [3.8, 4) is 0 Å². The monoisotopic (exact) mass is 285 g/mol. The lowest BCUT2D eigenvalue weighted by molar-refractivity contribution is 0.0938. The molecule has 2 rings (SSSR count). The third-order valence-electron chi connectivity index (χ3n) is 3.16. The maximum absolute atomic E-state index is 12.1. The maximum atomic E-state index is 12.1. The van der Waals surface area contributed by atoms with Gasteiger partial charge in [-0.05, 0) is 31.6 Å². The van der Waals surface area contributed by atoms with Gasteiger partial charge in [-0.1, -0.05) is 11.6 Å². The summed E-state index contributed by atoms with van der Waals surface area (Å²) in [4.78, 5) is 16.0. The first-order valence-corrected chi connectivity index (χ1v) is 7.51. The number of rotatable bonds is 3. The second kappa shape index (κ2) is 5.80. The Kier molecular flexibility index (Phi) is 4.35. The number of pyridine rings is 1. The van der Waals surface area contributed by atoms with Crippen LogP contribution in [0.3, 0.4) is 0 Å². The Morgan fingerprint density at radius 1 is 1.61 bits per heavy atom. The first kappa shape index (κ1) is 13.5. The van der Waals surface area contributed by atoms with E-state index in [9.17, 15) is 4.79 Å². The molecule has 4 nitrogen and oxygen atoms in total. The number of thioether (sulfide) groups is 1. The highest BCUT2D eigenvalue weighted by molar-refractivity contribution is 7.99. The molecule has 98 valence electrons. The molecule has 2 unspecified atom stereocenters. The standard InChI is InChI=1S/C12H16ClN3OS/c1-18-9-3-2-8(5-9)16-12(17)10-4-7(14)6-15-11(10)13/h4,6,8-9H,2-3,5,14H2,1H3,(H,16,17). The molecule has 1 aromatic heterocycles. The lowest BCUT2D eigenvalue weighted by Crippen LogP contribution is -2.33. The van der Waals surface area contributed by atoms with Crippen molar-refractivity contribution in [2.24, 2.45) is 0 Å². The molecule has 0 saturated heterocycles. The zero-order chi connectivity index (χ0) is 13.1. The molecule has 1 aromatic rings. The van der Waals surface area contributed by atoms with Gasteiger partial charge in [0.1, 0.15) is 5.15 Å². The van der Waals surface area contributed by atoms with E-state index in [2.05, 4.69) is 16.6 Å². The van der Waals surface area contributed by atoms with Crippen molar-refractivity contribution in [3.05, 3.63) is 23.0 Å². The van der Waals surface area contributed by atoms with Crippen molar-refractivity contribution in [1.29, 1.82) is 0 Å². The van der Waals surface area contributed by atoms with Crippen LogP contribution in [0.4, 0.5) is 5.69 Å². The van der Waals surface area contributed by atoms with Crippen molar-refractivity contribution in [2.45, 2.75) is 30.6 Å². The molecular formula is C12H16ClN3OS. The summed E-state index contributed by atoms with van der Waals surface area (Å²) in [5, 5.41) is 3.83. The molecule has 1 aliphatic carbocycles. The van der Waals surface area contributed by atoms with Crippen LogP contribution in [-0.4, -0.2) is 28.4 Å². The molecular weight excluding hydrogens is 270 g/mol. The number of carbonyl (C=O) groups excluding carboxylic acids is 1. The predicted molar refractivity (Wildman–Crippen MR) is 76.1 cm³/mol. The number of nitrogens with one attached hydrogen (secondary N) is 1. The molecule has 3 N–H and O–H groups in total. The lowest BCUT2D eigenvalue weighted by Gasteiger charge is -2.13. The van der Waals surface area contributed by atoms with Crippen molar-refractivity contribution in [1.82, 2.24) is 10.3 Å². The van der Waals surface area contributed by atoms with Crippen LogP contribution in [0.5, 0.6) is 0 Å². The maximum Gasteiger partial charge on any atom is 0.254 e. The minimum Gasteiger partial charge on any atom is -0.397 e. The number of hydrogen-bond acceptors (Lipinski definition) is 4. The minimum absolute atomic E-state index is 0.188. The lowest BCUT2D eigenvalue weighted by atomic mass is 10.2. The Labute approximate surface area is 116 Å². The normalized spacial score (nSPS) is 23.0. The fourth-order valence-corrected chi connectivity index (χ4v) is 3.16. The summed E-state index contributed by atoms with van der Waals surface area (Å²) >= 11 is 7.76. The average Bonchev–Trinajstić information content (AvgIpc) is 2.80. The highest BCUT2D eigenvalue weighted by atomic mass is 35.5. The van der Waals surface area contributed by atoms with Crippen molar-refractivity contribution >= 4 is 35.0 Å². The number of nitrogens with two attached hydrogens (primary N) is 1. The number of carbonyl (C=O) groups is 1. The van der Waals surface area contributed by atoms with Crippen LogP contribution in [0.15, 0.2) is 12.3 Å².